The zero-order chi connectivity index (χ0) is 18.4. The maximum Gasteiger partial charge on any atom is 0.224 e. The Kier molecular flexibility index (Phi) is 6.01. The van der Waals surface area contributed by atoms with Crippen LogP contribution in [0.4, 0.5) is 4.39 Å². The number of carbonyl (C=O) groups excluding carboxylic acids is 1. The number of aryl methyl sites for hydroxylation is 1. The van der Waals surface area contributed by atoms with Gasteiger partial charge in [-0.15, -0.1) is 0 Å². The molecule has 0 spiro atoms. The number of benzene rings is 1. The lowest BCUT2D eigenvalue weighted by atomic mass is 10.1. The second kappa shape index (κ2) is 8.62. The summed E-state index contributed by atoms with van der Waals surface area (Å²) in [5.74, 6) is 0.182. The number of hydrogen-bond donors (Lipinski definition) is 1. The summed E-state index contributed by atoms with van der Waals surface area (Å²) >= 11 is 0. The van der Waals surface area contributed by atoms with E-state index >= 15 is 0 Å². The summed E-state index contributed by atoms with van der Waals surface area (Å²) in [5, 5.41) is 7.07. The van der Waals surface area contributed by atoms with Gasteiger partial charge in [-0.1, -0.05) is 30.4 Å². The molecule has 2 aromatic rings. The second-order valence-electron chi connectivity index (χ2n) is 6.03. The van der Waals surface area contributed by atoms with Crippen molar-refractivity contribution >= 4 is 12.0 Å². The summed E-state index contributed by atoms with van der Waals surface area (Å²) in [4.78, 5) is 12.1. The lowest BCUT2D eigenvalue weighted by Gasteiger charge is -2.19. The topological polar surface area (TPSA) is 65.4 Å². The molecule has 1 aromatic heterocycles. The molecule has 2 atom stereocenters. The van der Waals surface area contributed by atoms with Gasteiger partial charge in [-0.05, 0) is 13.0 Å². The van der Waals surface area contributed by atoms with Crippen LogP contribution >= 0.6 is 0 Å². The van der Waals surface area contributed by atoms with Crippen LogP contribution < -0.4 is 10.1 Å². The first-order valence-corrected chi connectivity index (χ1v) is 8.63. The molecule has 7 heteroatoms. The van der Waals surface area contributed by atoms with Gasteiger partial charge in [-0.3, -0.25) is 9.48 Å². The van der Waals surface area contributed by atoms with Crippen LogP contribution in [0, 0.1) is 5.82 Å². The van der Waals surface area contributed by atoms with Crippen LogP contribution in [0.5, 0.6) is 5.75 Å². The highest BCUT2D eigenvalue weighted by molar-refractivity contribution is 5.79. The van der Waals surface area contributed by atoms with E-state index in [4.69, 9.17) is 9.47 Å². The number of hydrogen-bond acceptors (Lipinski definition) is 4. The van der Waals surface area contributed by atoms with E-state index in [1.165, 1.54) is 6.07 Å². The SMILES string of the molecule is CCn1cc(O[C@@H]2COC[C@@H]2NC(=O)C/C=C/c2ccccc2F)cn1. The molecule has 1 N–H and O–H groups in total. The molecule has 0 unspecified atom stereocenters. The van der Waals surface area contributed by atoms with E-state index in [9.17, 15) is 9.18 Å². The number of nitrogens with zero attached hydrogens (tertiary/aromatic N) is 2. The Morgan fingerprint density at radius 2 is 2.31 bits per heavy atom. The summed E-state index contributed by atoms with van der Waals surface area (Å²) in [6.07, 6.45) is 6.61. The van der Waals surface area contributed by atoms with Gasteiger partial charge in [0.15, 0.2) is 5.75 Å². The number of carbonyl (C=O) groups is 1. The Labute approximate surface area is 151 Å². The first-order chi connectivity index (χ1) is 12.7. The Morgan fingerprint density at radius 3 is 3.08 bits per heavy atom. The van der Waals surface area contributed by atoms with Gasteiger partial charge in [0.1, 0.15) is 11.9 Å². The Balaban J connectivity index is 1.50. The zero-order valence-electron chi connectivity index (χ0n) is 14.6. The average molecular weight is 359 g/mol. The molecule has 2 heterocycles. The molecule has 1 aliphatic rings. The van der Waals surface area contributed by atoms with Gasteiger partial charge in [-0.25, -0.2) is 4.39 Å². The largest absolute Gasteiger partial charge is 0.482 e. The molecule has 1 aliphatic heterocycles. The summed E-state index contributed by atoms with van der Waals surface area (Å²) in [5.41, 5.74) is 0.457. The minimum atomic E-state index is -0.311. The molecule has 0 radical (unpaired) electrons. The monoisotopic (exact) mass is 359 g/mol. The van der Waals surface area contributed by atoms with E-state index in [-0.39, 0.29) is 30.3 Å². The fourth-order valence-electron chi connectivity index (χ4n) is 2.71. The fourth-order valence-corrected chi connectivity index (χ4v) is 2.71. The van der Waals surface area contributed by atoms with E-state index in [1.54, 1.807) is 41.2 Å². The molecule has 1 amide bonds. The van der Waals surface area contributed by atoms with Crippen LogP contribution in [0.3, 0.4) is 0 Å². The fraction of sp³-hybridized carbons (Fsp3) is 0.368. The quantitative estimate of drug-likeness (QED) is 0.825. The van der Waals surface area contributed by atoms with Crippen molar-refractivity contribution in [2.45, 2.75) is 32.0 Å². The van der Waals surface area contributed by atoms with Gasteiger partial charge < -0.3 is 14.8 Å². The third-order valence-electron chi connectivity index (χ3n) is 4.10. The maximum absolute atomic E-state index is 13.5. The predicted molar refractivity (Wildman–Crippen MR) is 95.1 cm³/mol. The van der Waals surface area contributed by atoms with Crippen LogP contribution in [-0.2, 0) is 16.1 Å². The molecule has 1 fully saturated rings. The van der Waals surface area contributed by atoms with Gasteiger partial charge in [-0.2, -0.15) is 5.10 Å². The molecule has 1 aromatic carbocycles. The van der Waals surface area contributed by atoms with Crippen molar-refractivity contribution in [3.8, 4) is 5.75 Å². The minimum absolute atomic E-state index is 0.158. The van der Waals surface area contributed by atoms with Crippen LogP contribution in [0.15, 0.2) is 42.7 Å². The lowest BCUT2D eigenvalue weighted by molar-refractivity contribution is -0.121. The van der Waals surface area contributed by atoms with Crippen LogP contribution in [0.2, 0.25) is 0 Å². The zero-order valence-corrected chi connectivity index (χ0v) is 14.6. The summed E-state index contributed by atoms with van der Waals surface area (Å²) in [6.45, 7) is 3.56. The van der Waals surface area contributed by atoms with E-state index in [0.717, 1.165) is 6.54 Å². The first-order valence-electron chi connectivity index (χ1n) is 8.63. The van der Waals surface area contributed by atoms with Crippen LogP contribution in [0.1, 0.15) is 18.9 Å². The third kappa shape index (κ3) is 4.70. The number of aromatic nitrogens is 2. The van der Waals surface area contributed by atoms with Gasteiger partial charge >= 0.3 is 0 Å². The number of nitrogens with one attached hydrogen (secondary N) is 1. The first kappa shape index (κ1) is 18.1. The Hall–Kier alpha value is -2.67. The normalized spacial score (nSPS) is 19.8. The minimum Gasteiger partial charge on any atom is -0.482 e. The summed E-state index contributed by atoms with van der Waals surface area (Å²) < 4.78 is 26.6. The lowest BCUT2D eigenvalue weighted by Crippen LogP contribution is -2.44. The van der Waals surface area contributed by atoms with E-state index < -0.39 is 0 Å². The van der Waals surface area contributed by atoms with Gasteiger partial charge in [0, 0.05) is 18.5 Å². The van der Waals surface area contributed by atoms with Gasteiger partial charge in [0.25, 0.3) is 0 Å². The number of rotatable bonds is 7. The van der Waals surface area contributed by atoms with Crippen molar-refractivity contribution in [2.75, 3.05) is 13.2 Å². The molecule has 1 saturated heterocycles. The highest BCUT2D eigenvalue weighted by Gasteiger charge is 2.31. The average Bonchev–Trinajstić information content (AvgIpc) is 3.26. The Bertz CT molecular complexity index is 775. The summed E-state index contributed by atoms with van der Waals surface area (Å²) in [7, 11) is 0. The van der Waals surface area contributed by atoms with Crippen LogP contribution in [-0.4, -0.2) is 41.0 Å². The smallest absolute Gasteiger partial charge is 0.224 e. The molecule has 0 aliphatic carbocycles. The highest BCUT2D eigenvalue weighted by atomic mass is 19.1. The molecule has 0 saturated carbocycles. The van der Waals surface area contributed by atoms with Crippen molar-refractivity contribution < 1.29 is 18.7 Å². The highest BCUT2D eigenvalue weighted by Crippen LogP contribution is 2.17. The van der Waals surface area contributed by atoms with Crippen molar-refractivity contribution in [1.82, 2.24) is 15.1 Å². The van der Waals surface area contributed by atoms with Crippen molar-refractivity contribution in [3.05, 3.63) is 54.1 Å². The molecule has 26 heavy (non-hydrogen) atoms. The van der Waals surface area contributed by atoms with Crippen molar-refractivity contribution in [1.29, 1.82) is 0 Å². The van der Waals surface area contributed by atoms with E-state index in [1.807, 2.05) is 13.1 Å². The third-order valence-corrected chi connectivity index (χ3v) is 4.10. The van der Waals surface area contributed by atoms with E-state index in [0.29, 0.717) is 24.5 Å². The number of amides is 1. The van der Waals surface area contributed by atoms with Crippen molar-refractivity contribution in [2.24, 2.45) is 0 Å². The summed E-state index contributed by atoms with van der Waals surface area (Å²) in [6, 6.07) is 6.20. The number of ether oxygens (including phenoxy) is 2. The molecule has 3 rings (SSSR count). The standard InChI is InChI=1S/C19H22FN3O3/c1-2-23-11-15(10-21-23)26-18-13-25-12-17(18)22-19(24)9-5-7-14-6-3-4-8-16(14)20/h3-8,10-11,17-18H,2,9,12-13H2,1H3,(H,22,24)/b7-5+/t17-,18+/m0/s1. The number of halogens is 1. The Morgan fingerprint density at radius 1 is 1.46 bits per heavy atom. The second-order valence-corrected chi connectivity index (χ2v) is 6.03. The van der Waals surface area contributed by atoms with Crippen molar-refractivity contribution in [3.63, 3.8) is 0 Å². The molecular formula is C19H22FN3O3. The van der Waals surface area contributed by atoms with E-state index in [2.05, 4.69) is 10.4 Å². The maximum atomic E-state index is 13.5. The molecule has 6 nitrogen and oxygen atoms in total. The molecular weight excluding hydrogens is 337 g/mol. The molecule has 138 valence electrons. The van der Waals surface area contributed by atoms with Gasteiger partial charge in [0.2, 0.25) is 5.91 Å². The predicted octanol–water partition coefficient (Wildman–Crippen LogP) is 2.41. The van der Waals surface area contributed by atoms with Crippen LogP contribution in [0.25, 0.3) is 6.08 Å². The molecule has 0 bridgehead atoms. The van der Waals surface area contributed by atoms with Gasteiger partial charge in [0.05, 0.1) is 31.6 Å².